The zero-order valence-electron chi connectivity index (χ0n) is 9.89. The first kappa shape index (κ1) is 14.6. The molecule has 0 amide bonds. The molecule has 0 aliphatic heterocycles. The van der Waals surface area contributed by atoms with E-state index in [1.54, 1.807) is 24.3 Å². The zero-order valence-corrected chi connectivity index (χ0v) is 12.2. The molecule has 5 heteroatoms. The van der Waals surface area contributed by atoms with Crippen molar-refractivity contribution >= 4 is 34.8 Å². The van der Waals surface area contributed by atoms with E-state index in [0.29, 0.717) is 23.1 Å². The second-order valence-electron chi connectivity index (χ2n) is 4.09. The van der Waals surface area contributed by atoms with E-state index in [9.17, 15) is 4.39 Å². The highest BCUT2D eigenvalue weighted by atomic mass is 35.5. The molecule has 0 saturated heterocycles. The molecule has 1 nitrogen and oxygen atoms in total. The fourth-order valence-electron chi connectivity index (χ4n) is 1.67. The lowest BCUT2D eigenvalue weighted by Crippen LogP contribution is -2.13. The molecule has 2 rings (SSSR count). The molecule has 0 aliphatic carbocycles. The van der Waals surface area contributed by atoms with Crippen LogP contribution in [-0.2, 0) is 13.1 Å². The van der Waals surface area contributed by atoms with Crippen molar-refractivity contribution in [1.82, 2.24) is 5.32 Å². The van der Waals surface area contributed by atoms with E-state index >= 15 is 0 Å². The smallest absolute Gasteiger partial charge is 0.141 e. The average molecular weight is 319 g/mol. The van der Waals surface area contributed by atoms with Gasteiger partial charge in [-0.3, -0.25) is 0 Å². The van der Waals surface area contributed by atoms with Gasteiger partial charge >= 0.3 is 0 Å². The van der Waals surface area contributed by atoms with Crippen molar-refractivity contribution in [1.29, 1.82) is 0 Å². The highest BCUT2D eigenvalue weighted by molar-refractivity contribution is 6.33. The van der Waals surface area contributed by atoms with E-state index in [1.807, 2.05) is 6.07 Å². The Kier molecular flexibility index (Phi) is 5.06. The van der Waals surface area contributed by atoms with Crippen LogP contribution in [0.4, 0.5) is 4.39 Å². The predicted molar refractivity (Wildman–Crippen MR) is 78.4 cm³/mol. The standard InChI is InChI=1S/C14H11Cl3FN/c15-11-2-3-12(16)10(6-11)8-19-7-9-1-4-14(18)13(17)5-9/h1-6,19H,7-8H2. The summed E-state index contributed by atoms with van der Waals surface area (Å²) in [6.07, 6.45) is 0. The summed E-state index contributed by atoms with van der Waals surface area (Å²) in [6.45, 7) is 1.15. The van der Waals surface area contributed by atoms with E-state index in [2.05, 4.69) is 5.32 Å². The van der Waals surface area contributed by atoms with Crippen LogP contribution in [0, 0.1) is 5.82 Å². The summed E-state index contributed by atoms with van der Waals surface area (Å²) in [4.78, 5) is 0. The molecule has 0 aromatic heterocycles. The molecule has 0 unspecified atom stereocenters. The molecule has 2 aromatic carbocycles. The van der Waals surface area contributed by atoms with E-state index in [4.69, 9.17) is 34.8 Å². The third kappa shape index (κ3) is 4.08. The molecule has 0 fully saturated rings. The Morgan fingerprint density at radius 2 is 1.68 bits per heavy atom. The Hall–Kier alpha value is -0.800. The first-order chi connectivity index (χ1) is 9.06. The average Bonchev–Trinajstić information content (AvgIpc) is 2.38. The molecular formula is C14H11Cl3FN. The molecule has 0 saturated carbocycles. The Balaban J connectivity index is 1.96. The fraction of sp³-hybridized carbons (Fsp3) is 0.143. The molecule has 0 heterocycles. The maximum Gasteiger partial charge on any atom is 0.141 e. The lowest BCUT2D eigenvalue weighted by molar-refractivity contribution is 0.625. The summed E-state index contributed by atoms with van der Waals surface area (Å²) in [7, 11) is 0. The van der Waals surface area contributed by atoms with Gasteiger partial charge in [0.05, 0.1) is 5.02 Å². The first-order valence-electron chi connectivity index (χ1n) is 5.65. The van der Waals surface area contributed by atoms with Crippen LogP contribution >= 0.6 is 34.8 Å². The zero-order chi connectivity index (χ0) is 13.8. The van der Waals surface area contributed by atoms with E-state index in [0.717, 1.165) is 11.1 Å². The van der Waals surface area contributed by atoms with Crippen LogP contribution in [0.25, 0.3) is 0 Å². The van der Waals surface area contributed by atoms with Gasteiger partial charge in [0.2, 0.25) is 0 Å². The Labute approximate surface area is 126 Å². The monoisotopic (exact) mass is 317 g/mol. The molecule has 2 aromatic rings. The van der Waals surface area contributed by atoms with Crippen LogP contribution in [0.15, 0.2) is 36.4 Å². The molecule has 0 bridgehead atoms. The van der Waals surface area contributed by atoms with Gasteiger partial charge in [-0.15, -0.1) is 0 Å². The predicted octanol–water partition coefficient (Wildman–Crippen LogP) is 5.08. The minimum absolute atomic E-state index is 0.125. The van der Waals surface area contributed by atoms with Crippen LogP contribution in [0.5, 0.6) is 0 Å². The molecule has 0 radical (unpaired) electrons. The topological polar surface area (TPSA) is 12.0 Å². The van der Waals surface area contributed by atoms with Gasteiger partial charge in [-0.2, -0.15) is 0 Å². The van der Waals surface area contributed by atoms with Crippen molar-refractivity contribution in [3.8, 4) is 0 Å². The van der Waals surface area contributed by atoms with Gasteiger partial charge in [-0.1, -0.05) is 40.9 Å². The summed E-state index contributed by atoms with van der Waals surface area (Å²) in [6, 6.07) is 9.96. The number of hydrogen-bond donors (Lipinski definition) is 1. The van der Waals surface area contributed by atoms with Crippen LogP contribution in [0.2, 0.25) is 15.1 Å². The third-order valence-corrected chi connectivity index (χ3v) is 3.53. The number of nitrogens with one attached hydrogen (secondary N) is 1. The number of rotatable bonds is 4. The Bertz CT molecular complexity index is 587. The highest BCUT2D eigenvalue weighted by Gasteiger charge is 2.03. The Morgan fingerprint density at radius 1 is 0.895 bits per heavy atom. The minimum Gasteiger partial charge on any atom is -0.309 e. The number of hydrogen-bond acceptors (Lipinski definition) is 1. The van der Waals surface area contributed by atoms with Crippen LogP contribution in [0.1, 0.15) is 11.1 Å². The van der Waals surface area contributed by atoms with Crippen molar-refractivity contribution in [2.24, 2.45) is 0 Å². The normalized spacial score (nSPS) is 10.7. The van der Waals surface area contributed by atoms with Crippen molar-refractivity contribution in [2.75, 3.05) is 0 Å². The van der Waals surface area contributed by atoms with Gasteiger partial charge in [0.15, 0.2) is 0 Å². The van der Waals surface area contributed by atoms with Crippen molar-refractivity contribution in [3.05, 3.63) is 68.4 Å². The quantitative estimate of drug-likeness (QED) is 0.829. The van der Waals surface area contributed by atoms with Gasteiger partial charge in [-0.05, 0) is 41.5 Å². The number of benzene rings is 2. The first-order valence-corrected chi connectivity index (χ1v) is 6.78. The summed E-state index contributed by atoms with van der Waals surface area (Å²) in [5, 5.41) is 4.64. The molecule has 19 heavy (non-hydrogen) atoms. The second-order valence-corrected chi connectivity index (χ2v) is 5.34. The van der Waals surface area contributed by atoms with Crippen LogP contribution in [-0.4, -0.2) is 0 Å². The van der Waals surface area contributed by atoms with Crippen molar-refractivity contribution < 1.29 is 4.39 Å². The maximum atomic E-state index is 13.0. The van der Waals surface area contributed by atoms with Crippen LogP contribution < -0.4 is 5.32 Å². The number of halogens is 4. The molecule has 100 valence electrons. The molecule has 0 aliphatic rings. The third-order valence-electron chi connectivity index (χ3n) is 2.64. The van der Waals surface area contributed by atoms with Crippen LogP contribution in [0.3, 0.4) is 0 Å². The van der Waals surface area contributed by atoms with Gasteiger partial charge < -0.3 is 5.32 Å². The van der Waals surface area contributed by atoms with Gasteiger partial charge in [0.1, 0.15) is 5.82 Å². The summed E-state index contributed by atoms with van der Waals surface area (Å²) in [5.74, 6) is -0.414. The molecular weight excluding hydrogens is 308 g/mol. The maximum absolute atomic E-state index is 13.0. The van der Waals surface area contributed by atoms with Gasteiger partial charge in [0, 0.05) is 23.1 Å². The fourth-order valence-corrected chi connectivity index (χ4v) is 2.25. The van der Waals surface area contributed by atoms with Gasteiger partial charge in [-0.25, -0.2) is 4.39 Å². The molecule has 0 spiro atoms. The second kappa shape index (κ2) is 6.58. The minimum atomic E-state index is -0.414. The SMILES string of the molecule is Fc1ccc(CNCc2cc(Cl)ccc2Cl)cc1Cl. The van der Waals surface area contributed by atoms with Gasteiger partial charge in [0.25, 0.3) is 0 Å². The highest BCUT2D eigenvalue weighted by Crippen LogP contribution is 2.21. The van der Waals surface area contributed by atoms with E-state index in [-0.39, 0.29) is 5.02 Å². The van der Waals surface area contributed by atoms with Crippen molar-refractivity contribution in [3.63, 3.8) is 0 Å². The van der Waals surface area contributed by atoms with E-state index < -0.39 is 5.82 Å². The Morgan fingerprint density at radius 3 is 2.42 bits per heavy atom. The summed E-state index contributed by atoms with van der Waals surface area (Å²) in [5.41, 5.74) is 1.83. The summed E-state index contributed by atoms with van der Waals surface area (Å²) >= 11 is 17.7. The molecule has 1 N–H and O–H groups in total. The van der Waals surface area contributed by atoms with E-state index in [1.165, 1.54) is 6.07 Å². The van der Waals surface area contributed by atoms with Crippen molar-refractivity contribution in [2.45, 2.75) is 13.1 Å². The molecule has 0 atom stereocenters. The largest absolute Gasteiger partial charge is 0.309 e. The lowest BCUT2D eigenvalue weighted by Gasteiger charge is -2.08. The summed E-state index contributed by atoms with van der Waals surface area (Å²) < 4.78 is 13.0. The lowest BCUT2D eigenvalue weighted by atomic mass is 10.2.